The van der Waals surface area contributed by atoms with E-state index < -0.39 is 16.1 Å². The lowest BCUT2D eigenvalue weighted by Crippen LogP contribution is -2.30. The maximum Gasteiger partial charge on any atom is 0.241 e. The Morgan fingerprint density at radius 2 is 1.45 bits per heavy atom. The maximum atomic E-state index is 13.0. The zero-order valence-electron chi connectivity index (χ0n) is 16.2. The normalized spacial score (nSPS) is 12.3. The minimum absolute atomic E-state index is 0.120. The van der Waals surface area contributed by atoms with E-state index in [0.29, 0.717) is 18.5 Å². The van der Waals surface area contributed by atoms with Crippen LogP contribution < -0.4 is 10.0 Å². The van der Waals surface area contributed by atoms with E-state index in [2.05, 4.69) is 10.0 Å². The smallest absolute Gasteiger partial charge is 0.241 e. The summed E-state index contributed by atoms with van der Waals surface area (Å²) in [6.07, 6.45) is 0.897. The molecule has 3 aromatic rings. The van der Waals surface area contributed by atoms with Crippen LogP contribution in [0.15, 0.2) is 89.8 Å². The first-order chi connectivity index (χ1) is 14.0. The van der Waals surface area contributed by atoms with Gasteiger partial charge in [0.05, 0.1) is 10.9 Å². The predicted octanol–water partition coefficient (Wildman–Crippen LogP) is 4.30. The van der Waals surface area contributed by atoms with Crippen molar-refractivity contribution < 1.29 is 13.2 Å². The molecule has 3 aromatic carbocycles. The highest BCUT2D eigenvalue weighted by atomic mass is 32.2. The highest BCUT2D eigenvalue weighted by Crippen LogP contribution is 2.22. The summed E-state index contributed by atoms with van der Waals surface area (Å²) in [6, 6.07) is 25.1. The molecule has 0 saturated heterocycles. The summed E-state index contributed by atoms with van der Waals surface area (Å²) >= 11 is 0. The highest BCUT2D eigenvalue weighted by Gasteiger charge is 2.22. The fraction of sp³-hybridized carbons (Fsp3) is 0.174. The van der Waals surface area contributed by atoms with E-state index in [9.17, 15) is 13.2 Å². The first-order valence-electron chi connectivity index (χ1n) is 9.49. The molecule has 29 heavy (non-hydrogen) atoms. The molecule has 0 bridgehead atoms. The van der Waals surface area contributed by atoms with Gasteiger partial charge in [0, 0.05) is 12.1 Å². The van der Waals surface area contributed by atoms with Crippen molar-refractivity contribution in [3.63, 3.8) is 0 Å². The average Bonchev–Trinajstić information content (AvgIpc) is 2.75. The number of rotatable bonds is 8. The lowest BCUT2D eigenvalue weighted by Gasteiger charge is -2.20. The van der Waals surface area contributed by atoms with Crippen LogP contribution in [0.25, 0.3) is 0 Å². The molecule has 0 aliphatic rings. The van der Waals surface area contributed by atoms with Gasteiger partial charge in [0.2, 0.25) is 15.9 Å². The second-order valence-electron chi connectivity index (χ2n) is 6.70. The van der Waals surface area contributed by atoms with Gasteiger partial charge in [-0.15, -0.1) is 0 Å². The predicted molar refractivity (Wildman–Crippen MR) is 115 cm³/mol. The van der Waals surface area contributed by atoms with Gasteiger partial charge in [0.1, 0.15) is 0 Å². The van der Waals surface area contributed by atoms with E-state index in [0.717, 1.165) is 11.1 Å². The molecule has 0 aliphatic heterocycles. The highest BCUT2D eigenvalue weighted by molar-refractivity contribution is 7.89. The number of hydrogen-bond donors (Lipinski definition) is 2. The zero-order valence-corrected chi connectivity index (χ0v) is 17.0. The molecule has 3 rings (SSSR count). The van der Waals surface area contributed by atoms with Crippen molar-refractivity contribution in [3.8, 4) is 0 Å². The van der Waals surface area contributed by atoms with Gasteiger partial charge in [0.25, 0.3) is 0 Å². The summed E-state index contributed by atoms with van der Waals surface area (Å²) in [7, 11) is -3.74. The van der Waals surface area contributed by atoms with Crippen molar-refractivity contribution in [2.24, 2.45) is 0 Å². The van der Waals surface area contributed by atoms with Crippen molar-refractivity contribution in [1.82, 2.24) is 4.72 Å². The average molecular weight is 409 g/mol. The van der Waals surface area contributed by atoms with Crippen LogP contribution in [0.5, 0.6) is 0 Å². The van der Waals surface area contributed by atoms with Crippen molar-refractivity contribution in [2.45, 2.75) is 30.7 Å². The van der Waals surface area contributed by atoms with Crippen LogP contribution in [0, 0.1) is 0 Å². The molecule has 0 aromatic heterocycles. The summed E-state index contributed by atoms with van der Waals surface area (Å²) in [5.74, 6) is -0.120. The Labute approximate surface area is 171 Å². The van der Waals surface area contributed by atoms with Gasteiger partial charge in [-0.05, 0) is 41.8 Å². The number of carbonyl (C=O) groups is 1. The molecule has 0 aliphatic carbocycles. The number of nitrogens with one attached hydrogen (secondary N) is 2. The van der Waals surface area contributed by atoms with Crippen LogP contribution in [0.2, 0.25) is 0 Å². The Morgan fingerprint density at radius 1 is 0.862 bits per heavy atom. The molecule has 1 amide bonds. The Balaban J connectivity index is 1.83. The third-order valence-electron chi connectivity index (χ3n) is 4.55. The van der Waals surface area contributed by atoms with Gasteiger partial charge in [-0.25, -0.2) is 13.1 Å². The molecular formula is C23H24N2O3S. The van der Waals surface area contributed by atoms with Crippen LogP contribution in [0.1, 0.15) is 30.5 Å². The molecule has 0 saturated carbocycles. The molecular weight excluding hydrogens is 384 g/mol. The van der Waals surface area contributed by atoms with E-state index in [1.54, 1.807) is 19.1 Å². The van der Waals surface area contributed by atoms with Gasteiger partial charge in [-0.2, -0.15) is 0 Å². The van der Waals surface area contributed by atoms with E-state index in [1.807, 2.05) is 60.7 Å². The van der Waals surface area contributed by atoms with Gasteiger partial charge in [-0.1, -0.05) is 67.6 Å². The second-order valence-corrected chi connectivity index (χ2v) is 8.41. The molecule has 0 radical (unpaired) electrons. The number of carbonyl (C=O) groups excluding carboxylic acids is 1. The topological polar surface area (TPSA) is 75.3 Å². The largest absolute Gasteiger partial charge is 0.326 e. The second kappa shape index (κ2) is 9.49. The van der Waals surface area contributed by atoms with Gasteiger partial charge in [-0.3, -0.25) is 4.79 Å². The summed E-state index contributed by atoms with van der Waals surface area (Å²) in [4.78, 5) is 11.7. The van der Waals surface area contributed by atoms with Crippen molar-refractivity contribution in [1.29, 1.82) is 0 Å². The Kier molecular flexibility index (Phi) is 6.80. The summed E-state index contributed by atoms with van der Waals surface area (Å²) in [6.45, 7) is 1.76. The van der Waals surface area contributed by atoms with Crippen LogP contribution >= 0.6 is 0 Å². The van der Waals surface area contributed by atoms with Crippen LogP contribution in [-0.4, -0.2) is 14.3 Å². The number of anilines is 1. The lowest BCUT2D eigenvalue weighted by molar-refractivity contribution is -0.115. The monoisotopic (exact) mass is 408 g/mol. The number of sulfonamides is 1. The summed E-state index contributed by atoms with van der Waals surface area (Å²) in [5, 5.41) is 2.72. The third kappa shape index (κ3) is 5.76. The molecule has 0 fully saturated rings. The quantitative estimate of drug-likeness (QED) is 0.584. The number of amides is 1. The van der Waals surface area contributed by atoms with E-state index in [4.69, 9.17) is 0 Å². The maximum absolute atomic E-state index is 13.0. The molecule has 2 N–H and O–H groups in total. The van der Waals surface area contributed by atoms with Crippen LogP contribution in [-0.2, 0) is 21.2 Å². The van der Waals surface area contributed by atoms with E-state index >= 15 is 0 Å². The first-order valence-corrected chi connectivity index (χ1v) is 11.0. The molecule has 0 heterocycles. The summed E-state index contributed by atoms with van der Waals surface area (Å²) in [5.41, 5.74) is 2.51. The molecule has 5 nitrogen and oxygen atoms in total. The molecule has 1 atom stereocenters. The number of hydrogen-bond acceptors (Lipinski definition) is 3. The molecule has 0 spiro atoms. The zero-order chi connectivity index (χ0) is 20.7. The van der Waals surface area contributed by atoms with Gasteiger partial charge < -0.3 is 5.32 Å². The van der Waals surface area contributed by atoms with Crippen molar-refractivity contribution >= 4 is 21.6 Å². The molecule has 1 unspecified atom stereocenters. The Morgan fingerprint density at radius 3 is 2.03 bits per heavy atom. The fourth-order valence-electron chi connectivity index (χ4n) is 2.98. The lowest BCUT2D eigenvalue weighted by atomic mass is 10.00. The molecule has 6 heteroatoms. The Bertz CT molecular complexity index is 1030. The van der Waals surface area contributed by atoms with Gasteiger partial charge >= 0.3 is 0 Å². The van der Waals surface area contributed by atoms with Crippen LogP contribution in [0.3, 0.4) is 0 Å². The van der Waals surface area contributed by atoms with E-state index in [-0.39, 0.29) is 10.8 Å². The van der Waals surface area contributed by atoms with Crippen molar-refractivity contribution in [3.05, 3.63) is 96.1 Å². The minimum Gasteiger partial charge on any atom is -0.326 e. The number of benzene rings is 3. The third-order valence-corrected chi connectivity index (χ3v) is 6.04. The SMILES string of the molecule is CCC(=O)Nc1ccc(S(=O)(=O)NC(Cc2ccccc2)c2ccccc2)cc1. The fourth-order valence-corrected chi connectivity index (χ4v) is 4.21. The Hall–Kier alpha value is -2.96. The van der Waals surface area contributed by atoms with Gasteiger partial charge in [0.15, 0.2) is 0 Å². The van der Waals surface area contributed by atoms with Crippen molar-refractivity contribution in [2.75, 3.05) is 5.32 Å². The van der Waals surface area contributed by atoms with Crippen LogP contribution in [0.4, 0.5) is 5.69 Å². The standard InChI is InChI=1S/C23H24N2O3S/c1-2-23(26)24-20-13-15-21(16-14-20)29(27,28)25-22(19-11-7-4-8-12-19)17-18-9-5-3-6-10-18/h3-16,22,25H,2,17H2,1H3,(H,24,26). The molecule has 150 valence electrons. The first kappa shape index (κ1) is 20.8. The van der Waals surface area contributed by atoms with E-state index in [1.165, 1.54) is 12.1 Å². The summed E-state index contributed by atoms with van der Waals surface area (Å²) < 4.78 is 28.8. The minimum atomic E-state index is -3.74.